The molecule has 39 heavy (non-hydrogen) atoms. The Labute approximate surface area is 231 Å². The van der Waals surface area contributed by atoms with Gasteiger partial charge in [-0.1, -0.05) is 72.3 Å². The minimum Gasteiger partial charge on any atom is -0.395 e. The van der Waals surface area contributed by atoms with Crippen molar-refractivity contribution in [2.45, 2.75) is 36.0 Å². The van der Waals surface area contributed by atoms with E-state index in [1.165, 1.54) is 12.1 Å². The summed E-state index contributed by atoms with van der Waals surface area (Å²) in [4.78, 5) is 1.25. The van der Waals surface area contributed by atoms with Gasteiger partial charge >= 0.3 is 6.18 Å². The number of hydrogen-bond donors (Lipinski definition) is 1. The monoisotopic (exact) mass is 576 g/mol. The largest absolute Gasteiger partial charge is 0.417 e. The Morgan fingerprint density at radius 3 is 2.36 bits per heavy atom. The van der Waals surface area contributed by atoms with Gasteiger partial charge in [-0.2, -0.15) is 17.5 Å². The first kappa shape index (κ1) is 27.9. The van der Waals surface area contributed by atoms with Crippen LogP contribution in [0.2, 0.25) is 5.02 Å². The van der Waals surface area contributed by atoms with Crippen molar-refractivity contribution in [3.8, 4) is 11.1 Å². The van der Waals surface area contributed by atoms with Crippen molar-refractivity contribution in [1.82, 2.24) is 9.21 Å². The van der Waals surface area contributed by atoms with E-state index in [2.05, 4.69) is 0 Å². The summed E-state index contributed by atoms with van der Waals surface area (Å²) in [6.45, 7) is 2.29. The molecule has 0 spiro atoms. The van der Waals surface area contributed by atoms with Gasteiger partial charge in [0, 0.05) is 42.7 Å². The predicted octanol–water partition coefficient (Wildman–Crippen LogP) is 5.72. The van der Waals surface area contributed by atoms with Crippen LogP contribution in [0.1, 0.15) is 22.6 Å². The molecule has 5 rings (SSSR count). The lowest BCUT2D eigenvalue weighted by Gasteiger charge is -2.56. The van der Waals surface area contributed by atoms with Crippen molar-refractivity contribution in [1.29, 1.82) is 0 Å². The second kappa shape index (κ2) is 10.7. The number of hydrogen-bond acceptors (Lipinski definition) is 4. The summed E-state index contributed by atoms with van der Waals surface area (Å²) in [5, 5.41) is 10.9. The van der Waals surface area contributed by atoms with Gasteiger partial charge in [-0.15, -0.1) is 0 Å². The number of rotatable bonds is 5. The summed E-state index contributed by atoms with van der Waals surface area (Å²) in [7, 11) is -4.46. The van der Waals surface area contributed by atoms with Crippen LogP contribution in [0.5, 0.6) is 0 Å². The lowest BCUT2D eigenvalue weighted by atomic mass is 9.74. The molecule has 0 bridgehead atoms. The van der Waals surface area contributed by atoms with E-state index >= 15 is 0 Å². The molecule has 10 heteroatoms. The summed E-state index contributed by atoms with van der Waals surface area (Å²) in [5.74, 6) is -0.202. The topological polar surface area (TPSA) is 60.9 Å². The zero-order chi connectivity index (χ0) is 27.9. The molecule has 5 nitrogen and oxygen atoms in total. The second-order valence-corrected chi connectivity index (χ2v) is 12.2. The van der Waals surface area contributed by atoms with Crippen molar-refractivity contribution >= 4 is 21.6 Å². The first-order chi connectivity index (χ1) is 18.5. The maximum Gasteiger partial charge on any atom is 0.417 e. The van der Waals surface area contributed by atoms with E-state index in [4.69, 9.17) is 11.6 Å². The number of alkyl halides is 3. The van der Waals surface area contributed by atoms with Crippen molar-refractivity contribution < 1.29 is 26.7 Å². The van der Waals surface area contributed by atoms with E-state index in [1.807, 2.05) is 54.3 Å². The average molecular weight is 577 g/mol. The van der Waals surface area contributed by atoms with Crippen LogP contribution < -0.4 is 0 Å². The zero-order valence-electron chi connectivity index (χ0n) is 21.1. The molecule has 0 amide bonds. The maximum atomic E-state index is 13.7. The first-order valence-electron chi connectivity index (χ1n) is 12.6. The Morgan fingerprint density at radius 1 is 0.974 bits per heavy atom. The third kappa shape index (κ3) is 5.14. The van der Waals surface area contributed by atoms with Gasteiger partial charge in [-0.05, 0) is 47.4 Å². The van der Waals surface area contributed by atoms with Gasteiger partial charge in [0.1, 0.15) is 0 Å². The summed E-state index contributed by atoms with van der Waals surface area (Å²) >= 11 is 6.29. The lowest BCUT2D eigenvalue weighted by molar-refractivity contribution is -0.139. The first-order valence-corrected chi connectivity index (χ1v) is 14.4. The normalized spacial score (nSPS) is 23.4. The fraction of sp³-hybridized carbons (Fsp3) is 0.310. The van der Waals surface area contributed by atoms with Gasteiger partial charge in [0.2, 0.25) is 10.0 Å². The Bertz CT molecular complexity index is 1490. The third-order valence-electron chi connectivity index (χ3n) is 7.74. The number of fused-ring (bicyclic) bond motifs is 1. The van der Waals surface area contributed by atoms with Crippen LogP contribution in [0.3, 0.4) is 0 Å². The third-order valence-corrected chi connectivity index (χ3v) is 10.0. The highest BCUT2D eigenvalue weighted by Crippen LogP contribution is 2.43. The van der Waals surface area contributed by atoms with Gasteiger partial charge in [0.05, 0.1) is 17.1 Å². The zero-order valence-corrected chi connectivity index (χ0v) is 22.7. The van der Waals surface area contributed by atoms with Crippen molar-refractivity contribution in [2.24, 2.45) is 0 Å². The molecule has 1 unspecified atom stereocenters. The Hall–Kier alpha value is -2.69. The molecule has 206 valence electrons. The second-order valence-electron chi connectivity index (χ2n) is 9.86. The Morgan fingerprint density at radius 2 is 1.67 bits per heavy atom. The van der Waals surface area contributed by atoms with Crippen LogP contribution in [-0.4, -0.2) is 61.1 Å². The Kier molecular flexibility index (Phi) is 7.65. The molecule has 0 aliphatic carbocycles. The highest BCUT2D eigenvalue weighted by molar-refractivity contribution is 7.89. The van der Waals surface area contributed by atoms with Gasteiger partial charge in [0.25, 0.3) is 0 Å². The molecule has 3 atom stereocenters. The van der Waals surface area contributed by atoms with E-state index in [-0.39, 0.29) is 37.7 Å². The van der Waals surface area contributed by atoms with Crippen LogP contribution >= 0.6 is 11.6 Å². The molecule has 0 aromatic heterocycles. The fourth-order valence-electron chi connectivity index (χ4n) is 5.70. The molecule has 0 radical (unpaired) electrons. The molecule has 2 aliphatic heterocycles. The molecular formula is C29H28ClF3N2O3S. The van der Waals surface area contributed by atoms with Gasteiger partial charge < -0.3 is 5.11 Å². The van der Waals surface area contributed by atoms with E-state index in [1.54, 1.807) is 12.2 Å². The minimum atomic E-state index is -4.81. The number of aliphatic hydroxyl groups is 1. The molecule has 1 N–H and O–H groups in total. The van der Waals surface area contributed by atoms with Gasteiger partial charge in [-0.3, -0.25) is 4.90 Å². The van der Waals surface area contributed by atoms with Crippen molar-refractivity contribution in [3.63, 3.8) is 0 Å². The van der Waals surface area contributed by atoms with E-state index < -0.39 is 26.7 Å². The number of benzene rings is 3. The molecule has 2 heterocycles. The van der Waals surface area contributed by atoms with Crippen molar-refractivity contribution in [3.05, 3.63) is 101 Å². The molecule has 3 aromatic rings. The van der Waals surface area contributed by atoms with Gasteiger partial charge in [-0.25, -0.2) is 8.42 Å². The summed E-state index contributed by atoms with van der Waals surface area (Å²) in [5.41, 5.74) is 2.68. The Balaban J connectivity index is 1.47. The number of sulfonamides is 1. The summed E-state index contributed by atoms with van der Waals surface area (Å²) < 4.78 is 69.3. The lowest BCUT2D eigenvalue weighted by Crippen LogP contribution is -2.67. The minimum absolute atomic E-state index is 0.00478. The molecule has 1 saturated heterocycles. The smallest absolute Gasteiger partial charge is 0.395 e. The van der Waals surface area contributed by atoms with E-state index in [0.29, 0.717) is 11.6 Å². The summed E-state index contributed by atoms with van der Waals surface area (Å²) in [6, 6.07) is 17.3. The number of aliphatic hydroxyl groups excluding tert-OH is 1. The van der Waals surface area contributed by atoms with Crippen LogP contribution in [0, 0.1) is 6.92 Å². The standard InChI is InChI=1S/C29H28ClF3N2O3S/c1-19-22(7-6-9-24(19)30)20-11-13-21(14-12-20)28-25-17-34(15-4-5-16-35(25)26(28)18-36)39(37,38)27-10-3-2-8-23(27)29(31,32)33/h2-14,25-26,28,36H,15-18H2,1H3/b5-4-/t25?,26-,28+/m1/s1. The quantitative estimate of drug-likeness (QED) is 0.395. The average Bonchev–Trinajstić information content (AvgIpc) is 2.89. The molecule has 1 fully saturated rings. The molecule has 0 saturated carbocycles. The fourth-order valence-corrected chi connectivity index (χ4v) is 7.50. The van der Waals surface area contributed by atoms with Crippen LogP contribution in [0.25, 0.3) is 11.1 Å². The number of nitrogens with zero attached hydrogens (tertiary/aromatic N) is 2. The highest BCUT2D eigenvalue weighted by atomic mass is 35.5. The molecular weight excluding hydrogens is 549 g/mol. The maximum absolute atomic E-state index is 13.7. The predicted molar refractivity (Wildman–Crippen MR) is 145 cm³/mol. The van der Waals surface area contributed by atoms with Crippen molar-refractivity contribution in [2.75, 3.05) is 26.2 Å². The van der Waals surface area contributed by atoms with E-state index in [0.717, 1.165) is 38.7 Å². The van der Waals surface area contributed by atoms with Crippen LogP contribution in [0.4, 0.5) is 13.2 Å². The summed E-state index contributed by atoms with van der Waals surface area (Å²) in [6.07, 6.45) is -1.36. The van der Waals surface area contributed by atoms with Crippen LogP contribution in [0.15, 0.2) is 83.8 Å². The number of halogens is 4. The van der Waals surface area contributed by atoms with Crippen LogP contribution in [-0.2, 0) is 16.2 Å². The highest BCUT2D eigenvalue weighted by Gasteiger charge is 2.50. The molecule has 2 aliphatic rings. The van der Waals surface area contributed by atoms with E-state index in [9.17, 15) is 26.7 Å². The molecule has 3 aromatic carbocycles. The van der Waals surface area contributed by atoms with Gasteiger partial charge in [0.15, 0.2) is 0 Å². The SMILES string of the molecule is Cc1c(Cl)cccc1-c1ccc([C@H]2C3CN(S(=O)(=O)c4ccccc4C(F)(F)F)C/C=C\CN3[C@@H]2CO)cc1.